The van der Waals surface area contributed by atoms with Crippen molar-refractivity contribution in [2.75, 3.05) is 5.32 Å². The molecular formula is C16H12ClN3OS. The fourth-order valence-electron chi connectivity index (χ4n) is 2.05. The lowest BCUT2D eigenvalue weighted by Gasteiger charge is -2.09. The second-order valence-corrected chi connectivity index (χ2v) is 5.84. The van der Waals surface area contributed by atoms with Gasteiger partial charge in [-0.05, 0) is 36.2 Å². The van der Waals surface area contributed by atoms with Gasteiger partial charge < -0.3 is 5.32 Å². The summed E-state index contributed by atoms with van der Waals surface area (Å²) in [6.07, 6.45) is 0. The molecule has 0 aliphatic heterocycles. The molecule has 0 spiro atoms. The van der Waals surface area contributed by atoms with E-state index in [0.29, 0.717) is 21.3 Å². The molecule has 0 aliphatic rings. The van der Waals surface area contributed by atoms with Gasteiger partial charge in [0, 0.05) is 16.3 Å². The maximum atomic E-state index is 12.5. The molecule has 110 valence electrons. The van der Waals surface area contributed by atoms with Crippen LogP contribution in [-0.4, -0.2) is 15.5 Å². The zero-order valence-corrected chi connectivity index (χ0v) is 13.3. The molecule has 0 unspecified atom stereocenters. The van der Waals surface area contributed by atoms with Crippen LogP contribution < -0.4 is 5.32 Å². The molecule has 1 heterocycles. The summed E-state index contributed by atoms with van der Waals surface area (Å²) in [5.74, 6) is -0.237. The average molecular weight is 330 g/mol. The van der Waals surface area contributed by atoms with E-state index in [9.17, 15) is 4.79 Å². The van der Waals surface area contributed by atoms with Crippen molar-refractivity contribution in [3.05, 3.63) is 64.0 Å². The van der Waals surface area contributed by atoms with Crippen molar-refractivity contribution in [1.82, 2.24) is 9.59 Å². The molecule has 0 fully saturated rings. The smallest absolute Gasteiger partial charge is 0.269 e. The Morgan fingerprint density at radius 2 is 1.91 bits per heavy atom. The van der Waals surface area contributed by atoms with E-state index < -0.39 is 0 Å². The number of carbonyl (C=O) groups is 1. The number of aromatic nitrogens is 2. The number of hydrogen-bond donors (Lipinski definition) is 1. The number of nitrogens with one attached hydrogen (secondary N) is 1. The minimum absolute atomic E-state index is 0.237. The van der Waals surface area contributed by atoms with E-state index in [4.69, 9.17) is 11.6 Å². The van der Waals surface area contributed by atoms with Gasteiger partial charge in [-0.1, -0.05) is 52.5 Å². The Labute approximate surface area is 136 Å². The van der Waals surface area contributed by atoms with Crippen molar-refractivity contribution in [1.29, 1.82) is 0 Å². The van der Waals surface area contributed by atoms with E-state index in [1.807, 2.05) is 43.3 Å². The molecule has 0 saturated carbocycles. The second-order valence-electron chi connectivity index (χ2n) is 4.68. The first-order valence-electron chi connectivity index (χ1n) is 6.61. The molecule has 4 nitrogen and oxygen atoms in total. The van der Waals surface area contributed by atoms with Gasteiger partial charge in [0.25, 0.3) is 5.91 Å². The third-order valence-corrected chi connectivity index (χ3v) is 4.39. The van der Waals surface area contributed by atoms with Crippen molar-refractivity contribution >= 4 is 34.7 Å². The first kappa shape index (κ1) is 14.7. The number of hydrogen-bond acceptors (Lipinski definition) is 4. The van der Waals surface area contributed by atoms with Crippen molar-refractivity contribution < 1.29 is 4.79 Å². The number of amides is 1. The standard InChI is InChI=1S/C16H12ClN3OS/c1-10-12(17)8-5-9-13(10)18-16(21)15-14(19-20-22-15)11-6-3-2-4-7-11/h2-9H,1H3,(H,18,21). The van der Waals surface area contributed by atoms with Gasteiger partial charge in [-0.3, -0.25) is 4.79 Å². The molecule has 3 rings (SSSR count). The van der Waals surface area contributed by atoms with Crippen LogP contribution >= 0.6 is 23.1 Å². The summed E-state index contributed by atoms with van der Waals surface area (Å²) in [5, 5.41) is 7.56. The Hall–Kier alpha value is -2.24. The van der Waals surface area contributed by atoms with Crippen LogP contribution in [0.4, 0.5) is 5.69 Å². The predicted octanol–water partition coefficient (Wildman–Crippen LogP) is 4.42. The quantitative estimate of drug-likeness (QED) is 0.774. The third kappa shape index (κ3) is 2.86. The van der Waals surface area contributed by atoms with Crippen molar-refractivity contribution in [3.63, 3.8) is 0 Å². The van der Waals surface area contributed by atoms with Crippen molar-refractivity contribution in [2.45, 2.75) is 6.92 Å². The zero-order valence-electron chi connectivity index (χ0n) is 11.7. The SMILES string of the molecule is Cc1c(Cl)cccc1NC(=O)c1snnc1-c1ccccc1. The molecule has 0 radical (unpaired) electrons. The van der Waals surface area contributed by atoms with Gasteiger partial charge in [-0.15, -0.1) is 5.10 Å². The average Bonchev–Trinajstić information content (AvgIpc) is 3.02. The van der Waals surface area contributed by atoms with Crippen molar-refractivity contribution in [2.24, 2.45) is 0 Å². The molecule has 22 heavy (non-hydrogen) atoms. The molecule has 0 saturated heterocycles. The molecule has 0 bridgehead atoms. The maximum Gasteiger partial charge on any atom is 0.269 e. The van der Waals surface area contributed by atoms with E-state index in [2.05, 4.69) is 14.9 Å². The first-order chi connectivity index (χ1) is 10.7. The van der Waals surface area contributed by atoms with Gasteiger partial charge >= 0.3 is 0 Å². The minimum atomic E-state index is -0.237. The van der Waals surface area contributed by atoms with Gasteiger partial charge in [0.2, 0.25) is 0 Å². The van der Waals surface area contributed by atoms with Crippen LogP contribution in [-0.2, 0) is 0 Å². The van der Waals surface area contributed by atoms with Crippen LogP contribution in [0, 0.1) is 6.92 Å². The van der Waals surface area contributed by atoms with Gasteiger partial charge in [0.05, 0.1) is 0 Å². The number of anilines is 1. The maximum absolute atomic E-state index is 12.5. The van der Waals surface area contributed by atoms with E-state index in [1.54, 1.807) is 12.1 Å². The summed E-state index contributed by atoms with van der Waals surface area (Å²) in [6, 6.07) is 14.9. The lowest BCUT2D eigenvalue weighted by molar-refractivity contribution is 0.103. The molecule has 6 heteroatoms. The summed E-state index contributed by atoms with van der Waals surface area (Å²) in [6.45, 7) is 1.86. The Morgan fingerprint density at radius 1 is 1.14 bits per heavy atom. The van der Waals surface area contributed by atoms with Gasteiger partial charge in [-0.2, -0.15) is 0 Å². The molecule has 0 aliphatic carbocycles. The summed E-state index contributed by atoms with van der Waals surface area (Å²) in [5.41, 5.74) is 2.97. The van der Waals surface area contributed by atoms with Crippen LogP contribution in [0.15, 0.2) is 48.5 Å². The zero-order chi connectivity index (χ0) is 15.5. The largest absolute Gasteiger partial charge is 0.321 e. The summed E-state index contributed by atoms with van der Waals surface area (Å²) in [7, 11) is 0. The normalized spacial score (nSPS) is 10.5. The predicted molar refractivity (Wildman–Crippen MR) is 89.5 cm³/mol. The molecular weight excluding hydrogens is 318 g/mol. The number of rotatable bonds is 3. The molecule has 1 amide bonds. The highest BCUT2D eigenvalue weighted by Crippen LogP contribution is 2.27. The highest BCUT2D eigenvalue weighted by atomic mass is 35.5. The second kappa shape index (κ2) is 6.25. The monoisotopic (exact) mass is 329 g/mol. The first-order valence-corrected chi connectivity index (χ1v) is 7.76. The van der Waals surface area contributed by atoms with Gasteiger partial charge in [-0.25, -0.2) is 0 Å². The topological polar surface area (TPSA) is 54.9 Å². The number of carbonyl (C=O) groups excluding carboxylic acids is 1. The Kier molecular flexibility index (Phi) is 4.18. The van der Waals surface area contributed by atoms with E-state index >= 15 is 0 Å². The Bertz CT molecular complexity index is 817. The third-order valence-electron chi connectivity index (χ3n) is 3.26. The van der Waals surface area contributed by atoms with Crippen LogP contribution in [0.5, 0.6) is 0 Å². The van der Waals surface area contributed by atoms with Gasteiger partial charge in [0.15, 0.2) is 0 Å². The summed E-state index contributed by atoms with van der Waals surface area (Å²) >= 11 is 7.15. The van der Waals surface area contributed by atoms with Crippen LogP contribution in [0.2, 0.25) is 5.02 Å². The van der Waals surface area contributed by atoms with Crippen LogP contribution in [0.3, 0.4) is 0 Å². The van der Waals surface area contributed by atoms with Gasteiger partial charge in [0.1, 0.15) is 10.6 Å². The van der Waals surface area contributed by atoms with E-state index in [1.165, 1.54) is 0 Å². The lowest BCUT2D eigenvalue weighted by atomic mass is 10.1. The van der Waals surface area contributed by atoms with Crippen LogP contribution in [0.1, 0.15) is 15.2 Å². The highest BCUT2D eigenvalue weighted by Gasteiger charge is 2.18. The molecule has 3 aromatic rings. The molecule has 2 aromatic carbocycles. The Balaban J connectivity index is 1.91. The highest BCUT2D eigenvalue weighted by molar-refractivity contribution is 7.08. The summed E-state index contributed by atoms with van der Waals surface area (Å²) < 4.78 is 3.91. The van der Waals surface area contributed by atoms with Crippen molar-refractivity contribution in [3.8, 4) is 11.3 Å². The number of benzene rings is 2. The van der Waals surface area contributed by atoms with E-state index in [-0.39, 0.29) is 5.91 Å². The number of nitrogens with zero attached hydrogens (tertiary/aromatic N) is 2. The fourth-order valence-corrected chi connectivity index (χ4v) is 2.80. The van der Waals surface area contributed by atoms with E-state index in [0.717, 1.165) is 22.7 Å². The molecule has 1 N–H and O–H groups in total. The minimum Gasteiger partial charge on any atom is -0.321 e. The fraction of sp³-hybridized carbons (Fsp3) is 0.0625. The summed E-state index contributed by atoms with van der Waals surface area (Å²) in [4.78, 5) is 13.0. The number of halogens is 1. The lowest BCUT2D eigenvalue weighted by Crippen LogP contribution is -2.12. The van der Waals surface area contributed by atoms with Crippen LogP contribution in [0.25, 0.3) is 11.3 Å². The Morgan fingerprint density at radius 3 is 2.68 bits per heavy atom. The molecule has 1 aromatic heterocycles. The molecule has 0 atom stereocenters.